The van der Waals surface area contributed by atoms with Gasteiger partial charge in [0, 0.05) is 31.6 Å². The number of alkyl halides is 5. The average Bonchev–Trinajstić information content (AvgIpc) is 2.86. The molecule has 1 amide bonds. The number of anilines is 2. The Hall–Kier alpha value is -3.22. The molecule has 0 radical (unpaired) electrons. The Morgan fingerprint density at radius 3 is 2.56 bits per heavy atom. The number of carbonyl (C=O) groups excluding carboxylic acids is 1. The number of aryl methyl sites for hydroxylation is 1. The van der Waals surface area contributed by atoms with Gasteiger partial charge >= 0.3 is 6.18 Å². The van der Waals surface area contributed by atoms with E-state index in [1.54, 1.807) is 31.2 Å². The molecule has 0 spiro atoms. The summed E-state index contributed by atoms with van der Waals surface area (Å²) >= 11 is 0. The first-order chi connectivity index (χ1) is 14.9. The van der Waals surface area contributed by atoms with Gasteiger partial charge in [0.2, 0.25) is 5.92 Å². The van der Waals surface area contributed by atoms with Gasteiger partial charge < -0.3 is 10.2 Å². The third-order valence-electron chi connectivity index (χ3n) is 5.33. The number of halogens is 5. The number of nitriles is 1. The molecule has 10 heteroatoms. The molecular weight excluding hydrogens is 431 g/mol. The summed E-state index contributed by atoms with van der Waals surface area (Å²) in [7, 11) is 0. The zero-order chi connectivity index (χ0) is 23.7. The summed E-state index contributed by atoms with van der Waals surface area (Å²) in [6.07, 6.45) is -5.91. The van der Waals surface area contributed by atoms with Crippen LogP contribution in [0.2, 0.25) is 0 Å². The van der Waals surface area contributed by atoms with E-state index in [0.717, 1.165) is 5.56 Å². The van der Waals surface area contributed by atoms with Gasteiger partial charge in [-0.3, -0.25) is 4.79 Å². The van der Waals surface area contributed by atoms with E-state index in [1.165, 1.54) is 17.9 Å². The van der Waals surface area contributed by atoms with Crippen LogP contribution in [-0.4, -0.2) is 29.9 Å². The Labute approximate surface area is 181 Å². The van der Waals surface area contributed by atoms with Gasteiger partial charge in [0.05, 0.1) is 11.1 Å². The number of carbonyl (C=O) groups is 1. The molecule has 0 atom stereocenters. The normalized spacial score (nSPS) is 16.2. The Kier molecular flexibility index (Phi) is 6.39. The third kappa shape index (κ3) is 4.98. The van der Waals surface area contributed by atoms with Crippen molar-refractivity contribution in [3.8, 4) is 6.07 Å². The lowest BCUT2D eigenvalue weighted by atomic mass is 10.00. The van der Waals surface area contributed by atoms with Crippen molar-refractivity contribution in [1.29, 1.82) is 5.26 Å². The Morgan fingerprint density at radius 1 is 1.22 bits per heavy atom. The molecule has 2 aromatic rings. The number of benzene rings is 1. The second-order valence-electron chi connectivity index (χ2n) is 7.79. The molecule has 1 N–H and O–H groups in total. The molecule has 2 heterocycles. The maximum absolute atomic E-state index is 13.9. The van der Waals surface area contributed by atoms with Crippen molar-refractivity contribution in [2.45, 2.75) is 45.2 Å². The summed E-state index contributed by atoms with van der Waals surface area (Å²) in [4.78, 5) is 18.1. The van der Waals surface area contributed by atoms with E-state index in [9.17, 15) is 32.0 Å². The summed E-state index contributed by atoms with van der Waals surface area (Å²) < 4.78 is 68.6. The maximum Gasteiger partial charge on any atom is 0.434 e. The number of hydrogen-bond donors (Lipinski definition) is 1. The van der Waals surface area contributed by atoms with Crippen LogP contribution < -0.4 is 10.2 Å². The van der Waals surface area contributed by atoms with Gasteiger partial charge in [-0.15, -0.1) is 0 Å². The number of rotatable bonds is 3. The number of amides is 1. The Bertz CT molecular complexity index is 1080. The van der Waals surface area contributed by atoms with Crippen molar-refractivity contribution in [2.75, 3.05) is 23.3 Å². The van der Waals surface area contributed by atoms with Crippen molar-refractivity contribution < 1.29 is 26.7 Å². The molecular formula is C22H21F5N4O. The van der Waals surface area contributed by atoms with Gasteiger partial charge in [-0.1, -0.05) is 12.1 Å². The lowest BCUT2D eigenvalue weighted by Gasteiger charge is -2.27. The van der Waals surface area contributed by atoms with Crippen molar-refractivity contribution in [3.63, 3.8) is 0 Å². The Balaban J connectivity index is 2.15. The minimum Gasteiger partial charge on any atom is -0.356 e. The molecule has 1 aromatic carbocycles. The topological polar surface area (TPSA) is 69.0 Å². The van der Waals surface area contributed by atoms with E-state index in [0.29, 0.717) is 5.69 Å². The van der Waals surface area contributed by atoms with Crippen molar-refractivity contribution >= 4 is 17.4 Å². The summed E-state index contributed by atoms with van der Waals surface area (Å²) in [5.74, 6) is -4.07. The van der Waals surface area contributed by atoms with Crippen LogP contribution in [0.3, 0.4) is 0 Å². The fourth-order valence-electron chi connectivity index (χ4n) is 3.72. The number of nitrogens with one attached hydrogen (secondary N) is 1. The molecule has 1 aliphatic heterocycles. The van der Waals surface area contributed by atoms with Gasteiger partial charge in [0.25, 0.3) is 5.91 Å². The highest BCUT2D eigenvalue weighted by Crippen LogP contribution is 2.38. The third-order valence-corrected chi connectivity index (χ3v) is 5.33. The lowest BCUT2D eigenvalue weighted by molar-refractivity contribution is -0.141. The first-order valence-electron chi connectivity index (χ1n) is 9.95. The molecule has 32 heavy (non-hydrogen) atoms. The molecule has 3 rings (SSSR count). The molecule has 0 aliphatic carbocycles. The van der Waals surface area contributed by atoms with Crippen LogP contribution in [0.1, 0.15) is 52.0 Å². The van der Waals surface area contributed by atoms with Gasteiger partial charge in [-0.2, -0.15) is 18.4 Å². The number of nitrogens with zero attached hydrogens (tertiary/aromatic N) is 3. The van der Waals surface area contributed by atoms with E-state index in [4.69, 9.17) is 0 Å². The highest BCUT2D eigenvalue weighted by molar-refractivity contribution is 6.09. The molecule has 0 saturated carbocycles. The summed E-state index contributed by atoms with van der Waals surface area (Å²) in [6.45, 7) is 2.77. The summed E-state index contributed by atoms with van der Waals surface area (Å²) in [5, 5.41) is 12.0. The minimum atomic E-state index is -4.95. The SMILES string of the molecule is Cc1cccc(NC(=O)c2c(N3CCCC(F)(F)CC3)nc(C(F)(F)F)c(C#N)c2C)c1. The van der Waals surface area contributed by atoms with Gasteiger partial charge in [0.1, 0.15) is 11.9 Å². The molecule has 1 fully saturated rings. The molecule has 0 bridgehead atoms. The molecule has 1 aromatic heterocycles. The molecule has 1 saturated heterocycles. The fraction of sp³-hybridized carbons (Fsp3) is 0.409. The predicted molar refractivity (Wildman–Crippen MR) is 109 cm³/mol. The molecule has 0 unspecified atom stereocenters. The van der Waals surface area contributed by atoms with Crippen molar-refractivity contribution in [2.24, 2.45) is 0 Å². The number of hydrogen-bond acceptors (Lipinski definition) is 4. The summed E-state index contributed by atoms with van der Waals surface area (Å²) in [6, 6.07) is 8.27. The Morgan fingerprint density at radius 2 is 1.94 bits per heavy atom. The van der Waals surface area contributed by atoms with E-state index in [1.807, 2.05) is 0 Å². The zero-order valence-electron chi connectivity index (χ0n) is 17.5. The van der Waals surface area contributed by atoms with Crippen LogP contribution >= 0.6 is 0 Å². The highest BCUT2D eigenvalue weighted by Gasteiger charge is 2.40. The minimum absolute atomic E-state index is 0.00987. The van der Waals surface area contributed by atoms with Crippen LogP contribution in [0.5, 0.6) is 0 Å². The van der Waals surface area contributed by atoms with E-state index < -0.39 is 42.1 Å². The second kappa shape index (κ2) is 8.73. The van der Waals surface area contributed by atoms with Crippen LogP contribution in [0.15, 0.2) is 24.3 Å². The van der Waals surface area contributed by atoms with Crippen molar-refractivity contribution in [3.05, 3.63) is 52.2 Å². The standard InChI is InChI=1S/C22H21F5N4O/c1-13-5-3-6-15(11-13)29-20(32)17-14(2)16(12-28)18(22(25,26)27)30-19(17)31-9-4-7-21(23,24)8-10-31/h3,5-6,11H,4,7-10H2,1-2H3,(H,29,32). The fourth-order valence-corrected chi connectivity index (χ4v) is 3.72. The quantitative estimate of drug-likeness (QED) is 0.628. The van der Waals surface area contributed by atoms with Gasteiger partial charge in [-0.05, 0) is 43.5 Å². The smallest absolute Gasteiger partial charge is 0.356 e. The first kappa shape index (κ1) is 23.4. The number of aromatic nitrogens is 1. The van der Waals surface area contributed by atoms with Crippen LogP contribution in [0, 0.1) is 25.2 Å². The van der Waals surface area contributed by atoms with E-state index in [2.05, 4.69) is 10.3 Å². The van der Waals surface area contributed by atoms with Gasteiger partial charge in [0.15, 0.2) is 5.69 Å². The lowest BCUT2D eigenvalue weighted by Crippen LogP contribution is -2.31. The summed E-state index contributed by atoms with van der Waals surface area (Å²) in [5.41, 5.74) is -1.39. The maximum atomic E-state index is 13.9. The average molecular weight is 452 g/mol. The van der Waals surface area contributed by atoms with E-state index in [-0.39, 0.29) is 36.5 Å². The predicted octanol–water partition coefficient (Wildman–Crippen LogP) is 5.47. The van der Waals surface area contributed by atoms with Gasteiger partial charge in [-0.25, -0.2) is 13.8 Å². The monoisotopic (exact) mass is 452 g/mol. The number of pyridine rings is 1. The largest absolute Gasteiger partial charge is 0.434 e. The van der Waals surface area contributed by atoms with Crippen LogP contribution in [0.25, 0.3) is 0 Å². The first-order valence-corrected chi connectivity index (χ1v) is 9.95. The van der Waals surface area contributed by atoms with Crippen LogP contribution in [-0.2, 0) is 6.18 Å². The molecule has 1 aliphatic rings. The molecule has 170 valence electrons. The zero-order valence-corrected chi connectivity index (χ0v) is 17.5. The highest BCUT2D eigenvalue weighted by atomic mass is 19.4. The van der Waals surface area contributed by atoms with E-state index >= 15 is 0 Å². The van der Waals surface area contributed by atoms with Crippen LogP contribution in [0.4, 0.5) is 33.5 Å². The molecule has 5 nitrogen and oxygen atoms in total. The second-order valence-corrected chi connectivity index (χ2v) is 7.79. The van der Waals surface area contributed by atoms with Crippen molar-refractivity contribution in [1.82, 2.24) is 4.98 Å².